The van der Waals surface area contributed by atoms with Crippen molar-refractivity contribution in [3.05, 3.63) is 22.8 Å². The highest BCUT2D eigenvalue weighted by Gasteiger charge is 2.26. The van der Waals surface area contributed by atoms with E-state index in [0.29, 0.717) is 11.4 Å². The van der Waals surface area contributed by atoms with Crippen LogP contribution in [0.2, 0.25) is 0 Å². The molecule has 18 heteroatoms. The fourth-order valence-electron chi connectivity index (χ4n) is 3.00. The second-order valence-electron chi connectivity index (χ2n) is 7.52. The van der Waals surface area contributed by atoms with Crippen molar-refractivity contribution < 1.29 is 28.7 Å². The van der Waals surface area contributed by atoms with E-state index in [0.717, 1.165) is 0 Å². The van der Waals surface area contributed by atoms with Crippen LogP contribution in [-0.2, 0) is 4.74 Å². The number of carbonyl (C=O) groups excluding carboxylic acids is 1. The summed E-state index contributed by atoms with van der Waals surface area (Å²) in [5.74, 6) is -1.46. The lowest BCUT2D eigenvalue weighted by Crippen LogP contribution is -2.11. The number of nitrogens with zero attached hydrogens (tertiary/aromatic N) is 10. The summed E-state index contributed by atoms with van der Waals surface area (Å²) in [6.07, 6.45) is 0. The van der Waals surface area contributed by atoms with Crippen LogP contribution in [0.1, 0.15) is 71.9 Å². The van der Waals surface area contributed by atoms with Crippen molar-refractivity contribution in [3.8, 4) is 11.6 Å². The molecule has 186 valence electrons. The second-order valence-corrected chi connectivity index (χ2v) is 7.52. The van der Waals surface area contributed by atoms with Gasteiger partial charge in [-0.3, -0.25) is 0 Å². The van der Waals surface area contributed by atoms with Crippen molar-refractivity contribution >= 4 is 23.6 Å². The number of ether oxygens (including phenoxy) is 1. The number of methoxy groups -OCH3 is 1. The van der Waals surface area contributed by atoms with E-state index in [-0.39, 0.29) is 46.5 Å². The van der Waals surface area contributed by atoms with Crippen molar-refractivity contribution in [1.82, 2.24) is 50.6 Å². The number of hydrogen-bond acceptors (Lipinski definition) is 15. The first kappa shape index (κ1) is 24.7. The largest absolute Gasteiger partial charge is 0.476 e. The topological polar surface area (TPSA) is 255 Å². The van der Waals surface area contributed by atoms with Gasteiger partial charge in [-0.1, -0.05) is 38.1 Å². The van der Waals surface area contributed by atoms with Crippen LogP contribution in [0, 0.1) is 0 Å². The van der Waals surface area contributed by atoms with Crippen molar-refractivity contribution in [1.29, 1.82) is 0 Å². The van der Waals surface area contributed by atoms with Crippen LogP contribution in [0.3, 0.4) is 0 Å². The van der Waals surface area contributed by atoms with Crippen molar-refractivity contribution in [2.75, 3.05) is 18.6 Å². The Balaban J connectivity index is 0.000000196. The van der Waals surface area contributed by atoms with Gasteiger partial charge in [0.2, 0.25) is 23.3 Å². The molecule has 35 heavy (non-hydrogen) atoms. The summed E-state index contributed by atoms with van der Waals surface area (Å²) in [7, 11) is 1.28. The highest BCUT2D eigenvalue weighted by Crippen LogP contribution is 2.23. The predicted octanol–water partition coefficient (Wildman–Crippen LogP) is 0.197. The van der Waals surface area contributed by atoms with Gasteiger partial charge in [-0.15, -0.1) is 10.2 Å². The van der Waals surface area contributed by atoms with E-state index >= 15 is 0 Å². The van der Waals surface area contributed by atoms with Gasteiger partial charge in [-0.05, 0) is 32.5 Å². The number of nitrogen functional groups attached to an aromatic ring is 2. The standard InChI is InChI=1S/C9H12N6O3.C8H10N6O3/c1-4(2)6-5(9(16)17-3)11-14-15(6)8-7(10)12-18-13-8;1-3(2)5-4(8(15)16)10-13-14(5)7-6(9)11-17-12-7/h4H,1-3H3,(H2,10,12);3H,1-2H3,(H2,9,11)(H,15,16). The van der Waals surface area contributed by atoms with Crippen molar-refractivity contribution in [2.45, 2.75) is 39.5 Å². The van der Waals surface area contributed by atoms with Gasteiger partial charge in [-0.2, -0.15) is 9.36 Å². The Morgan fingerprint density at radius 2 is 1.26 bits per heavy atom. The second kappa shape index (κ2) is 9.93. The fourth-order valence-corrected chi connectivity index (χ4v) is 3.00. The van der Waals surface area contributed by atoms with Gasteiger partial charge < -0.3 is 21.3 Å². The molecule has 5 N–H and O–H groups in total. The van der Waals surface area contributed by atoms with E-state index in [4.69, 9.17) is 16.6 Å². The number of aromatic nitrogens is 10. The number of nitrogens with two attached hydrogens (primary N) is 2. The minimum absolute atomic E-state index is 0.0220. The molecule has 0 bridgehead atoms. The van der Waals surface area contributed by atoms with E-state index in [1.54, 1.807) is 0 Å². The summed E-state index contributed by atoms with van der Waals surface area (Å²) in [5.41, 5.74) is 12.0. The average molecular weight is 490 g/mol. The molecule has 0 saturated heterocycles. The molecule has 0 spiro atoms. The Hall–Kier alpha value is -4.90. The van der Waals surface area contributed by atoms with Gasteiger partial charge in [0, 0.05) is 0 Å². The lowest BCUT2D eigenvalue weighted by molar-refractivity contribution is 0.0591. The molecular formula is C17H22N12O6. The van der Waals surface area contributed by atoms with Crippen LogP contribution in [-0.4, -0.2) is 74.8 Å². The molecule has 0 aliphatic heterocycles. The van der Waals surface area contributed by atoms with Crippen LogP contribution in [0.15, 0.2) is 9.26 Å². The van der Waals surface area contributed by atoms with Crippen LogP contribution in [0.4, 0.5) is 11.6 Å². The summed E-state index contributed by atoms with van der Waals surface area (Å²) in [6, 6.07) is 0. The highest BCUT2D eigenvalue weighted by molar-refractivity contribution is 5.88. The molecule has 0 amide bonds. The van der Waals surface area contributed by atoms with Crippen molar-refractivity contribution in [2.24, 2.45) is 0 Å². The Kier molecular flexibility index (Phi) is 7.02. The smallest absolute Gasteiger partial charge is 0.360 e. The monoisotopic (exact) mass is 490 g/mol. The third kappa shape index (κ3) is 4.75. The molecule has 4 aromatic rings. The summed E-state index contributed by atoms with van der Waals surface area (Å²) in [4.78, 5) is 22.6. The number of carbonyl (C=O) groups is 2. The number of carboxylic acid groups (broad SMARTS) is 1. The summed E-state index contributed by atoms with van der Waals surface area (Å²) < 4.78 is 16.1. The first-order chi connectivity index (χ1) is 16.6. The lowest BCUT2D eigenvalue weighted by Gasteiger charge is -2.07. The molecule has 4 aromatic heterocycles. The van der Waals surface area contributed by atoms with Gasteiger partial charge in [-0.25, -0.2) is 18.8 Å². The number of esters is 1. The van der Waals surface area contributed by atoms with E-state index in [1.165, 1.54) is 16.5 Å². The molecule has 0 aliphatic carbocycles. The number of aromatic carboxylic acids is 1. The van der Waals surface area contributed by atoms with Gasteiger partial charge in [0.1, 0.15) is 0 Å². The maximum Gasteiger partial charge on any atom is 0.360 e. The maximum atomic E-state index is 11.6. The van der Waals surface area contributed by atoms with E-state index in [1.807, 2.05) is 27.7 Å². The molecule has 0 unspecified atom stereocenters. The quantitative estimate of drug-likeness (QED) is 0.305. The first-order valence-corrected chi connectivity index (χ1v) is 9.97. The molecule has 4 heterocycles. The minimum atomic E-state index is -1.16. The molecule has 0 aromatic carbocycles. The molecule has 0 aliphatic rings. The zero-order valence-corrected chi connectivity index (χ0v) is 19.3. The van der Waals surface area contributed by atoms with Crippen LogP contribution >= 0.6 is 0 Å². The fraction of sp³-hybridized carbons (Fsp3) is 0.412. The van der Waals surface area contributed by atoms with Crippen LogP contribution < -0.4 is 11.5 Å². The molecule has 18 nitrogen and oxygen atoms in total. The Bertz CT molecular complexity index is 1330. The Morgan fingerprint density at radius 3 is 1.60 bits per heavy atom. The number of hydrogen-bond donors (Lipinski definition) is 3. The third-order valence-corrected chi connectivity index (χ3v) is 4.48. The lowest BCUT2D eigenvalue weighted by atomic mass is 10.1. The summed E-state index contributed by atoms with van der Waals surface area (Å²) in [5, 5.41) is 37.9. The molecule has 0 fully saturated rings. The van der Waals surface area contributed by atoms with Gasteiger partial charge in [0.15, 0.2) is 11.4 Å². The SMILES string of the molecule is CC(C)c1c(C(=O)O)nnn1-c1nonc1N.COC(=O)c1nnn(-c2nonc2N)c1C(C)C. The van der Waals surface area contributed by atoms with Crippen LogP contribution in [0.25, 0.3) is 11.6 Å². The number of rotatable bonds is 6. The minimum Gasteiger partial charge on any atom is -0.476 e. The Labute approximate surface area is 196 Å². The molecule has 0 saturated carbocycles. The van der Waals surface area contributed by atoms with Gasteiger partial charge >= 0.3 is 11.9 Å². The van der Waals surface area contributed by atoms with E-state index < -0.39 is 11.9 Å². The molecule has 4 rings (SSSR count). The maximum absolute atomic E-state index is 11.6. The predicted molar refractivity (Wildman–Crippen MR) is 114 cm³/mol. The van der Waals surface area contributed by atoms with E-state index in [9.17, 15) is 9.59 Å². The third-order valence-electron chi connectivity index (χ3n) is 4.48. The Morgan fingerprint density at radius 1 is 0.829 bits per heavy atom. The first-order valence-electron chi connectivity index (χ1n) is 9.97. The van der Waals surface area contributed by atoms with E-state index in [2.05, 4.69) is 55.2 Å². The normalized spacial score (nSPS) is 10.9. The van der Waals surface area contributed by atoms with Crippen molar-refractivity contribution in [3.63, 3.8) is 0 Å². The highest BCUT2D eigenvalue weighted by atomic mass is 16.6. The molecular weight excluding hydrogens is 468 g/mol. The summed E-state index contributed by atoms with van der Waals surface area (Å²) >= 11 is 0. The van der Waals surface area contributed by atoms with Gasteiger partial charge in [0.05, 0.1) is 18.5 Å². The van der Waals surface area contributed by atoms with Gasteiger partial charge in [0.25, 0.3) is 0 Å². The zero-order chi connectivity index (χ0) is 25.9. The molecule has 0 radical (unpaired) electrons. The summed E-state index contributed by atoms with van der Waals surface area (Å²) in [6.45, 7) is 7.38. The molecule has 0 atom stereocenters. The zero-order valence-electron chi connectivity index (χ0n) is 19.3. The number of anilines is 2. The number of carboxylic acids is 1. The average Bonchev–Trinajstić information content (AvgIpc) is 3.58. The van der Waals surface area contributed by atoms with Crippen LogP contribution in [0.5, 0.6) is 0 Å².